The van der Waals surface area contributed by atoms with E-state index in [1.165, 1.54) is 22.7 Å². The van der Waals surface area contributed by atoms with Crippen LogP contribution in [0, 0.1) is 0 Å². The van der Waals surface area contributed by atoms with Gasteiger partial charge in [0, 0.05) is 55.4 Å². The Morgan fingerprint density at radius 3 is 1.18 bits per heavy atom. The third-order valence-electron chi connectivity index (χ3n) is 9.02. The fourth-order valence-corrected chi connectivity index (χ4v) is 8.23. The number of benzene rings is 2. The van der Waals surface area contributed by atoms with Gasteiger partial charge in [-0.25, -0.2) is 9.97 Å². The van der Waals surface area contributed by atoms with Gasteiger partial charge >= 0.3 is 0 Å². The molecule has 0 fully saturated rings. The van der Waals surface area contributed by atoms with Crippen LogP contribution in [0.3, 0.4) is 0 Å². The van der Waals surface area contributed by atoms with Crippen molar-refractivity contribution in [2.45, 2.75) is 0 Å². The van der Waals surface area contributed by atoms with Crippen molar-refractivity contribution in [3.63, 3.8) is 0 Å². The van der Waals surface area contributed by atoms with Crippen LogP contribution < -0.4 is 0 Å². The number of aromatic nitrogens is 4. The first-order valence-corrected chi connectivity index (χ1v) is 17.8. The molecular formula is C42H26N4O2S2. The Bertz CT molecular complexity index is 2510. The Kier molecular flexibility index (Phi) is 7.38. The zero-order chi connectivity index (χ0) is 33.6. The number of aldehydes is 2. The molecule has 6 nitrogen and oxygen atoms in total. The predicted molar refractivity (Wildman–Crippen MR) is 207 cm³/mol. The summed E-state index contributed by atoms with van der Waals surface area (Å²) in [6, 6.07) is 32.6. The molecule has 5 aromatic heterocycles. The van der Waals surface area contributed by atoms with Gasteiger partial charge in [0.25, 0.3) is 0 Å². The molecule has 238 valence electrons. The Hall–Kier alpha value is -6.22. The molecular weight excluding hydrogens is 657 g/mol. The maximum absolute atomic E-state index is 12.3. The van der Waals surface area contributed by atoms with Crippen molar-refractivity contribution in [1.29, 1.82) is 0 Å². The lowest BCUT2D eigenvalue weighted by molar-refractivity contribution is 0.111. The van der Waals surface area contributed by atoms with Crippen LogP contribution in [0.5, 0.6) is 0 Å². The minimum Gasteiger partial charge on any atom is -0.354 e. The molecule has 2 aliphatic rings. The van der Waals surface area contributed by atoms with Gasteiger partial charge in [0.05, 0.1) is 32.5 Å². The molecule has 0 radical (unpaired) electrons. The lowest BCUT2D eigenvalue weighted by atomic mass is 10.0. The summed E-state index contributed by atoms with van der Waals surface area (Å²) in [7, 11) is 0. The highest BCUT2D eigenvalue weighted by molar-refractivity contribution is 7.12. The van der Waals surface area contributed by atoms with Crippen molar-refractivity contribution in [2.24, 2.45) is 0 Å². The standard InChI is InChI=1S/C42H26N4O2S2/c47-23-37-27(19-21-49-37)41-33-15-11-29(43-33)39(25-7-3-1-4-8-25)30-12-16-34(44-30)42(28-20-22-50-38(28)24-48)36-18-14-32(46-36)40(26-9-5-2-6-10-26)31-13-17-35(41)45-31/h1-24,43,46H. The molecule has 2 aromatic carbocycles. The van der Waals surface area contributed by atoms with Crippen LogP contribution in [0.1, 0.15) is 42.1 Å². The molecule has 50 heavy (non-hydrogen) atoms. The summed E-state index contributed by atoms with van der Waals surface area (Å²) in [5.41, 5.74) is 13.7. The highest BCUT2D eigenvalue weighted by Crippen LogP contribution is 2.40. The van der Waals surface area contributed by atoms with Crippen LogP contribution >= 0.6 is 22.7 Å². The topological polar surface area (TPSA) is 91.5 Å². The zero-order valence-corrected chi connectivity index (χ0v) is 28.0. The molecule has 0 amide bonds. The van der Waals surface area contributed by atoms with Gasteiger partial charge in [-0.2, -0.15) is 0 Å². The lowest BCUT2D eigenvalue weighted by Crippen LogP contribution is -1.90. The number of aromatic amines is 2. The summed E-state index contributed by atoms with van der Waals surface area (Å²) in [5, 5.41) is 3.88. The molecule has 9 rings (SSSR count). The Morgan fingerprint density at radius 1 is 0.440 bits per heavy atom. The summed E-state index contributed by atoms with van der Waals surface area (Å²) in [4.78, 5) is 43.8. The average Bonchev–Trinajstić information content (AvgIpc) is 4.01. The highest BCUT2D eigenvalue weighted by Gasteiger charge is 2.21. The predicted octanol–water partition coefficient (Wildman–Crippen LogP) is 11.1. The second-order valence-electron chi connectivity index (χ2n) is 11.9. The number of fused-ring (bicyclic) bond motifs is 8. The van der Waals surface area contributed by atoms with E-state index in [9.17, 15) is 9.59 Å². The number of carbonyl (C=O) groups is 2. The number of nitrogens with zero attached hydrogens (tertiary/aromatic N) is 2. The largest absolute Gasteiger partial charge is 0.354 e. The minimum atomic E-state index is 0.636. The molecule has 0 saturated carbocycles. The van der Waals surface area contributed by atoms with E-state index in [2.05, 4.69) is 46.4 Å². The number of carbonyl (C=O) groups excluding carboxylic acids is 2. The van der Waals surface area contributed by atoms with E-state index < -0.39 is 0 Å². The second kappa shape index (κ2) is 12.3. The minimum absolute atomic E-state index is 0.636. The highest BCUT2D eigenvalue weighted by atomic mass is 32.1. The summed E-state index contributed by atoms with van der Waals surface area (Å²) in [6.45, 7) is 0. The molecule has 2 aliphatic heterocycles. The maximum Gasteiger partial charge on any atom is 0.160 e. The monoisotopic (exact) mass is 682 g/mol. The van der Waals surface area contributed by atoms with Gasteiger partial charge in [-0.05, 0) is 82.6 Å². The van der Waals surface area contributed by atoms with Crippen molar-refractivity contribution in [2.75, 3.05) is 0 Å². The van der Waals surface area contributed by atoms with E-state index in [4.69, 9.17) is 9.97 Å². The van der Waals surface area contributed by atoms with Gasteiger partial charge in [0.1, 0.15) is 0 Å². The van der Waals surface area contributed by atoms with E-state index in [-0.39, 0.29) is 0 Å². The van der Waals surface area contributed by atoms with E-state index >= 15 is 0 Å². The van der Waals surface area contributed by atoms with Crippen LogP contribution in [0.15, 0.2) is 108 Å². The van der Waals surface area contributed by atoms with Crippen LogP contribution in [0.2, 0.25) is 0 Å². The Morgan fingerprint density at radius 2 is 0.800 bits per heavy atom. The van der Waals surface area contributed by atoms with Gasteiger partial charge in [-0.15, -0.1) is 22.7 Å². The molecule has 7 heterocycles. The van der Waals surface area contributed by atoms with Crippen LogP contribution in [0.25, 0.3) is 90.9 Å². The first kappa shape index (κ1) is 29.9. The van der Waals surface area contributed by atoms with Crippen LogP contribution in [-0.2, 0) is 0 Å². The quantitative estimate of drug-likeness (QED) is 0.171. The van der Waals surface area contributed by atoms with E-state index in [1.807, 2.05) is 95.7 Å². The molecule has 2 N–H and O–H groups in total. The molecule has 0 spiro atoms. The number of hydrogen-bond donors (Lipinski definition) is 2. The SMILES string of the molecule is O=Cc1sccc1-c1c2nc(c(-c3ccccc3)c3ccc([nH]3)c(-c3ccsc3C=O)c3nc(c(-c4ccccc4)c4ccc1[nH]4)C=C3)C=C2. The van der Waals surface area contributed by atoms with E-state index in [1.54, 1.807) is 0 Å². The molecule has 0 aliphatic carbocycles. The zero-order valence-electron chi connectivity index (χ0n) is 26.4. The number of rotatable bonds is 6. The van der Waals surface area contributed by atoms with Crippen molar-refractivity contribution >= 4 is 81.6 Å². The van der Waals surface area contributed by atoms with Gasteiger partial charge < -0.3 is 9.97 Å². The molecule has 8 heteroatoms. The Labute approximate surface area is 294 Å². The Balaban J connectivity index is 1.50. The maximum atomic E-state index is 12.3. The molecule has 0 unspecified atom stereocenters. The van der Waals surface area contributed by atoms with Crippen molar-refractivity contribution in [1.82, 2.24) is 19.9 Å². The number of nitrogens with one attached hydrogen (secondary N) is 2. The number of H-pyrrole nitrogens is 2. The van der Waals surface area contributed by atoms with Crippen molar-refractivity contribution in [3.05, 3.63) is 140 Å². The lowest BCUT2D eigenvalue weighted by Gasteiger charge is -2.06. The summed E-state index contributed by atoms with van der Waals surface area (Å²) < 4.78 is 0. The second-order valence-corrected chi connectivity index (χ2v) is 13.8. The van der Waals surface area contributed by atoms with Gasteiger partial charge in [0.15, 0.2) is 12.6 Å². The van der Waals surface area contributed by atoms with Crippen LogP contribution in [0.4, 0.5) is 0 Å². The first-order valence-electron chi connectivity index (χ1n) is 16.0. The summed E-state index contributed by atoms with van der Waals surface area (Å²) in [6.07, 6.45) is 9.94. The van der Waals surface area contributed by atoms with Gasteiger partial charge in [-0.3, -0.25) is 9.59 Å². The number of thiophene rings is 2. The molecule has 0 saturated heterocycles. The van der Waals surface area contributed by atoms with E-state index in [0.29, 0.717) is 9.75 Å². The fourth-order valence-electron chi connectivity index (χ4n) is 6.83. The first-order chi connectivity index (χ1) is 24.7. The van der Waals surface area contributed by atoms with Crippen molar-refractivity contribution in [3.8, 4) is 44.5 Å². The fraction of sp³-hybridized carbons (Fsp3) is 0. The number of hydrogen-bond acceptors (Lipinski definition) is 6. The van der Waals surface area contributed by atoms with Gasteiger partial charge in [0.2, 0.25) is 0 Å². The van der Waals surface area contributed by atoms with Crippen LogP contribution in [-0.4, -0.2) is 32.5 Å². The summed E-state index contributed by atoms with van der Waals surface area (Å²) >= 11 is 2.83. The third-order valence-corrected chi connectivity index (χ3v) is 10.7. The molecule has 0 atom stereocenters. The smallest absolute Gasteiger partial charge is 0.160 e. The summed E-state index contributed by atoms with van der Waals surface area (Å²) in [5.74, 6) is 0. The average molecular weight is 683 g/mol. The normalized spacial score (nSPS) is 12.0. The van der Waals surface area contributed by atoms with Gasteiger partial charge in [-0.1, -0.05) is 60.7 Å². The molecule has 8 bridgehead atoms. The third kappa shape index (κ3) is 5.01. The van der Waals surface area contributed by atoms with Crippen molar-refractivity contribution < 1.29 is 9.59 Å². The van der Waals surface area contributed by atoms with E-state index in [0.717, 1.165) is 102 Å². The molecule has 7 aromatic rings.